The molecule has 0 spiro atoms. The SMILES string of the molecule is O=C(O)N(c1ccccc1)c1nc(OC(F)F)cc(OC(F)F)n1. The number of hydrogen-bond donors (Lipinski definition) is 1. The van der Waals surface area contributed by atoms with Crippen molar-refractivity contribution in [2.24, 2.45) is 0 Å². The second kappa shape index (κ2) is 7.44. The molecule has 0 aliphatic heterocycles. The van der Waals surface area contributed by atoms with Gasteiger partial charge in [-0.1, -0.05) is 18.2 Å². The molecule has 0 saturated carbocycles. The topological polar surface area (TPSA) is 84.8 Å². The maximum atomic E-state index is 12.3. The lowest BCUT2D eigenvalue weighted by atomic mass is 10.3. The zero-order chi connectivity index (χ0) is 17.7. The molecule has 2 rings (SSSR count). The molecule has 0 bridgehead atoms. The second-order valence-electron chi connectivity index (χ2n) is 4.05. The van der Waals surface area contributed by atoms with Gasteiger partial charge in [0, 0.05) is 0 Å². The van der Waals surface area contributed by atoms with Gasteiger partial charge >= 0.3 is 19.3 Å². The fourth-order valence-corrected chi connectivity index (χ4v) is 1.68. The van der Waals surface area contributed by atoms with Crippen LogP contribution in [0.4, 0.5) is 34.0 Å². The smallest absolute Gasteiger partial charge is 0.418 e. The first kappa shape index (κ1) is 17.2. The summed E-state index contributed by atoms with van der Waals surface area (Å²) in [6.45, 7) is -6.61. The van der Waals surface area contributed by atoms with Gasteiger partial charge in [-0.15, -0.1) is 0 Å². The molecule has 1 heterocycles. The monoisotopic (exact) mass is 347 g/mol. The second-order valence-corrected chi connectivity index (χ2v) is 4.05. The van der Waals surface area contributed by atoms with Crippen LogP contribution >= 0.6 is 0 Å². The Morgan fingerprint density at radius 2 is 1.50 bits per heavy atom. The number of anilines is 2. The normalized spacial score (nSPS) is 10.8. The van der Waals surface area contributed by atoms with Crippen molar-refractivity contribution in [1.29, 1.82) is 0 Å². The van der Waals surface area contributed by atoms with E-state index in [1.54, 1.807) is 6.07 Å². The van der Waals surface area contributed by atoms with Crippen LogP contribution in [-0.2, 0) is 0 Å². The summed E-state index contributed by atoms with van der Waals surface area (Å²) in [6.07, 6.45) is -1.57. The van der Waals surface area contributed by atoms with E-state index in [2.05, 4.69) is 19.4 Å². The van der Waals surface area contributed by atoms with Gasteiger partial charge in [-0.25, -0.2) is 9.69 Å². The molecule has 0 radical (unpaired) electrons. The van der Waals surface area contributed by atoms with E-state index < -0.39 is 37.0 Å². The van der Waals surface area contributed by atoms with Gasteiger partial charge in [0.25, 0.3) is 0 Å². The summed E-state index contributed by atoms with van der Waals surface area (Å²) in [7, 11) is 0. The van der Waals surface area contributed by atoms with Crippen LogP contribution in [0, 0.1) is 0 Å². The Kier molecular flexibility index (Phi) is 5.35. The highest BCUT2D eigenvalue weighted by molar-refractivity contribution is 5.92. The number of para-hydroxylation sites is 1. The summed E-state index contributed by atoms with van der Waals surface area (Å²) >= 11 is 0. The lowest BCUT2D eigenvalue weighted by Crippen LogP contribution is -2.26. The first-order valence-corrected chi connectivity index (χ1v) is 6.23. The number of amides is 1. The molecule has 1 N–H and O–H groups in total. The third-order valence-corrected chi connectivity index (χ3v) is 2.49. The predicted molar refractivity (Wildman–Crippen MR) is 71.9 cm³/mol. The Hall–Kier alpha value is -3.11. The van der Waals surface area contributed by atoms with Crippen molar-refractivity contribution >= 4 is 17.7 Å². The van der Waals surface area contributed by atoms with Crippen LogP contribution in [0.25, 0.3) is 0 Å². The van der Waals surface area contributed by atoms with Crippen LogP contribution in [0.2, 0.25) is 0 Å². The van der Waals surface area contributed by atoms with Gasteiger partial charge in [0.1, 0.15) is 0 Å². The molecular formula is C13H9F4N3O4. The van der Waals surface area contributed by atoms with Crippen LogP contribution < -0.4 is 14.4 Å². The van der Waals surface area contributed by atoms with Gasteiger partial charge in [0.2, 0.25) is 17.7 Å². The molecule has 24 heavy (non-hydrogen) atoms. The predicted octanol–water partition coefficient (Wildman–Crippen LogP) is 3.50. The summed E-state index contributed by atoms with van der Waals surface area (Å²) in [5.74, 6) is -2.34. The number of benzene rings is 1. The molecule has 7 nitrogen and oxygen atoms in total. The summed E-state index contributed by atoms with van der Waals surface area (Å²) in [6, 6.07) is 7.93. The van der Waals surface area contributed by atoms with Gasteiger partial charge in [-0.05, 0) is 12.1 Å². The maximum absolute atomic E-state index is 12.3. The minimum atomic E-state index is -3.30. The molecule has 0 fully saturated rings. The van der Waals surface area contributed by atoms with Gasteiger partial charge < -0.3 is 14.6 Å². The van der Waals surface area contributed by atoms with E-state index in [0.717, 1.165) is 0 Å². The molecule has 1 amide bonds. The van der Waals surface area contributed by atoms with Crippen molar-refractivity contribution in [1.82, 2.24) is 9.97 Å². The number of ether oxygens (including phenoxy) is 2. The number of alkyl halides is 4. The van der Waals surface area contributed by atoms with Crippen molar-refractivity contribution in [2.75, 3.05) is 4.90 Å². The van der Waals surface area contributed by atoms with E-state index in [9.17, 15) is 27.5 Å². The molecule has 2 aromatic rings. The number of halogens is 4. The minimum Gasteiger partial charge on any atom is -0.464 e. The highest BCUT2D eigenvalue weighted by Gasteiger charge is 2.23. The molecule has 0 saturated heterocycles. The van der Waals surface area contributed by atoms with Gasteiger partial charge in [-0.2, -0.15) is 27.5 Å². The molecule has 1 aromatic carbocycles. The van der Waals surface area contributed by atoms with Crippen LogP contribution in [0.3, 0.4) is 0 Å². The van der Waals surface area contributed by atoms with Crippen LogP contribution in [-0.4, -0.2) is 34.4 Å². The van der Waals surface area contributed by atoms with Gasteiger partial charge in [-0.3, -0.25) is 0 Å². The molecule has 11 heteroatoms. The lowest BCUT2D eigenvalue weighted by molar-refractivity contribution is -0.0579. The number of nitrogens with zero attached hydrogens (tertiary/aromatic N) is 3. The zero-order valence-corrected chi connectivity index (χ0v) is 11.6. The van der Waals surface area contributed by atoms with Gasteiger partial charge in [0.15, 0.2) is 0 Å². The quantitative estimate of drug-likeness (QED) is 0.805. The van der Waals surface area contributed by atoms with E-state index in [1.165, 1.54) is 24.3 Å². The zero-order valence-electron chi connectivity index (χ0n) is 11.6. The third kappa shape index (κ3) is 4.44. The Balaban J connectivity index is 2.50. The summed E-state index contributed by atoms with van der Waals surface area (Å²) in [5.41, 5.74) is 0.0576. The van der Waals surface area contributed by atoms with Crippen LogP contribution in [0.5, 0.6) is 11.8 Å². The molecule has 0 aliphatic carbocycles. The van der Waals surface area contributed by atoms with E-state index in [1.807, 2.05) is 0 Å². The number of rotatable bonds is 6. The lowest BCUT2D eigenvalue weighted by Gasteiger charge is -2.18. The van der Waals surface area contributed by atoms with E-state index >= 15 is 0 Å². The molecule has 128 valence electrons. The van der Waals surface area contributed by atoms with Crippen molar-refractivity contribution in [3.8, 4) is 11.8 Å². The first-order chi connectivity index (χ1) is 11.4. The largest absolute Gasteiger partial charge is 0.464 e. The molecular weight excluding hydrogens is 338 g/mol. The summed E-state index contributed by atoms with van der Waals surface area (Å²) in [5, 5.41) is 9.29. The van der Waals surface area contributed by atoms with E-state index in [-0.39, 0.29) is 5.69 Å². The Morgan fingerprint density at radius 3 is 1.92 bits per heavy atom. The summed E-state index contributed by atoms with van der Waals surface area (Å²) < 4.78 is 57.3. The number of hydrogen-bond acceptors (Lipinski definition) is 5. The average Bonchev–Trinajstić information content (AvgIpc) is 2.46. The van der Waals surface area contributed by atoms with Crippen molar-refractivity contribution in [3.63, 3.8) is 0 Å². The average molecular weight is 347 g/mol. The third-order valence-electron chi connectivity index (χ3n) is 2.49. The van der Waals surface area contributed by atoms with Crippen molar-refractivity contribution < 1.29 is 36.9 Å². The van der Waals surface area contributed by atoms with Crippen LogP contribution in [0.1, 0.15) is 0 Å². The Labute approximate surface area is 132 Å². The van der Waals surface area contributed by atoms with E-state index in [0.29, 0.717) is 11.0 Å². The van der Waals surface area contributed by atoms with Crippen molar-refractivity contribution in [2.45, 2.75) is 13.2 Å². The highest BCUT2D eigenvalue weighted by Crippen LogP contribution is 2.28. The Bertz CT molecular complexity index is 675. The minimum absolute atomic E-state index is 0.0576. The number of aromatic nitrogens is 2. The molecule has 0 aliphatic rings. The molecule has 0 atom stereocenters. The van der Waals surface area contributed by atoms with Crippen LogP contribution in [0.15, 0.2) is 36.4 Å². The maximum Gasteiger partial charge on any atom is 0.418 e. The molecule has 0 unspecified atom stereocenters. The van der Waals surface area contributed by atoms with E-state index in [4.69, 9.17) is 0 Å². The summed E-state index contributed by atoms with van der Waals surface area (Å²) in [4.78, 5) is 18.9. The van der Waals surface area contributed by atoms with Gasteiger partial charge in [0.05, 0.1) is 11.8 Å². The fraction of sp³-hybridized carbons (Fsp3) is 0.154. The highest BCUT2D eigenvalue weighted by atomic mass is 19.3. The Morgan fingerprint density at radius 1 is 1.00 bits per heavy atom. The molecule has 1 aromatic heterocycles. The number of carbonyl (C=O) groups is 1. The number of carboxylic acid groups (broad SMARTS) is 1. The fourth-order valence-electron chi connectivity index (χ4n) is 1.68. The van der Waals surface area contributed by atoms with Crippen molar-refractivity contribution in [3.05, 3.63) is 36.4 Å². The first-order valence-electron chi connectivity index (χ1n) is 6.23. The standard InChI is InChI=1S/C13H9F4N3O4/c14-10(15)23-8-6-9(24-11(16)17)19-12(18-8)20(13(21)22)7-4-2-1-3-5-7/h1-6,10-11H,(H,21,22).